The fraction of sp³-hybridized carbons (Fsp3) is 0.143. The highest BCUT2D eigenvalue weighted by molar-refractivity contribution is 6.15. The van der Waals surface area contributed by atoms with Crippen LogP contribution in [0.25, 0.3) is 11.8 Å². The molecule has 0 unspecified atom stereocenters. The zero-order chi connectivity index (χ0) is 17.6. The van der Waals surface area contributed by atoms with Crippen LogP contribution in [-0.2, 0) is 6.42 Å². The molecule has 2 aromatic carbocycles. The van der Waals surface area contributed by atoms with Gasteiger partial charge in [-0.15, -0.1) is 0 Å². The van der Waals surface area contributed by atoms with Crippen LogP contribution in [0.5, 0.6) is 0 Å². The van der Waals surface area contributed by atoms with E-state index >= 15 is 0 Å². The lowest BCUT2D eigenvalue weighted by Crippen LogP contribution is -1.99. The summed E-state index contributed by atoms with van der Waals surface area (Å²) in [5.74, 6) is -0.189. The quantitative estimate of drug-likeness (QED) is 0.650. The summed E-state index contributed by atoms with van der Waals surface area (Å²) >= 11 is 0. The second-order valence-corrected chi connectivity index (χ2v) is 6.31. The molecule has 0 bridgehead atoms. The molecule has 25 heavy (non-hydrogen) atoms. The van der Waals surface area contributed by atoms with E-state index in [0.29, 0.717) is 6.42 Å². The normalized spacial score (nSPS) is 15.0. The van der Waals surface area contributed by atoms with Gasteiger partial charge in [0, 0.05) is 28.8 Å². The number of aromatic nitrogens is 2. The smallest absolute Gasteiger partial charge is 0.189 e. The summed E-state index contributed by atoms with van der Waals surface area (Å²) in [6.07, 6.45) is 2.59. The second-order valence-electron chi connectivity index (χ2n) is 6.31. The van der Waals surface area contributed by atoms with Crippen molar-refractivity contribution in [3.05, 3.63) is 88.0 Å². The number of carbonyl (C=O) groups is 1. The van der Waals surface area contributed by atoms with Gasteiger partial charge in [0.2, 0.25) is 0 Å². The fourth-order valence-corrected chi connectivity index (χ4v) is 3.34. The average Bonchev–Trinajstić information content (AvgIpc) is 3.08. The van der Waals surface area contributed by atoms with Crippen LogP contribution in [0.4, 0.5) is 4.39 Å². The number of carbonyl (C=O) groups excluding carboxylic acids is 1. The van der Waals surface area contributed by atoms with Crippen LogP contribution in [-0.4, -0.2) is 15.6 Å². The number of aryl methyl sites for hydroxylation is 1. The molecule has 3 nitrogen and oxygen atoms in total. The summed E-state index contributed by atoms with van der Waals surface area (Å²) in [7, 11) is 0. The van der Waals surface area contributed by atoms with Gasteiger partial charge in [-0.3, -0.25) is 4.79 Å². The van der Waals surface area contributed by atoms with Crippen LogP contribution in [0, 0.1) is 19.7 Å². The van der Waals surface area contributed by atoms with Crippen molar-refractivity contribution in [2.75, 3.05) is 0 Å². The first-order valence-corrected chi connectivity index (χ1v) is 8.20. The Labute approximate surface area is 145 Å². The van der Waals surface area contributed by atoms with Gasteiger partial charge in [-0.2, -0.15) is 5.10 Å². The number of halogens is 1. The summed E-state index contributed by atoms with van der Waals surface area (Å²) in [4.78, 5) is 12.6. The van der Waals surface area contributed by atoms with Crippen LogP contribution >= 0.6 is 0 Å². The third kappa shape index (κ3) is 2.60. The Hall–Kier alpha value is -3.01. The molecule has 124 valence electrons. The number of fused-ring (bicyclic) bond motifs is 1. The van der Waals surface area contributed by atoms with E-state index in [1.165, 1.54) is 12.1 Å². The number of benzene rings is 2. The number of hydrogen-bond donors (Lipinski definition) is 0. The number of nitrogens with zero attached hydrogens (tertiary/aromatic N) is 2. The highest BCUT2D eigenvalue weighted by Gasteiger charge is 2.25. The molecule has 0 spiro atoms. The minimum absolute atomic E-state index is 0.0870. The van der Waals surface area contributed by atoms with Gasteiger partial charge in [-0.1, -0.05) is 24.3 Å². The molecule has 0 saturated heterocycles. The van der Waals surface area contributed by atoms with E-state index in [1.54, 1.807) is 16.8 Å². The maximum Gasteiger partial charge on any atom is 0.189 e. The molecule has 0 amide bonds. The number of allylic oxidation sites excluding steroid dienone is 1. The van der Waals surface area contributed by atoms with Crippen molar-refractivity contribution in [1.29, 1.82) is 0 Å². The molecular weight excluding hydrogens is 315 g/mol. The Morgan fingerprint density at radius 3 is 2.52 bits per heavy atom. The highest BCUT2D eigenvalue weighted by Crippen LogP contribution is 2.29. The van der Waals surface area contributed by atoms with E-state index in [-0.39, 0.29) is 11.6 Å². The number of Topliss-reactive ketones (excluding diaryl/α,β-unsaturated/α-hetero) is 1. The molecule has 0 fully saturated rings. The van der Waals surface area contributed by atoms with Gasteiger partial charge in [0.25, 0.3) is 0 Å². The largest absolute Gasteiger partial charge is 0.289 e. The maximum absolute atomic E-state index is 13.2. The van der Waals surface area contributed by atoms with Gasteiger partial charge >= 0.3 is 0 Å². The first-order valence-electron chi connectivity index (χ1n) is 8.20. The van der Waals surface area contributed by atoms with E-state index in [4.69, 9.17) is 0 Å². The van der Waals surface area contributed by atoms with E-state index in [0.717, 1.165) is 39.3 Å². The molecule has 0 saturated carbocycles. The lowest BCUT2D eigenvalue weighted by molar-refractivity contribution is 0.104. The van der Waals surface area contributed by atoms with Crippen molar-refractivity contribution in [2.45, 2.75) is 20.3 Å². The Morgan fingerprint density at radius 1 is 1.08 bits per heavy atom. The predicted octanol–water partition coefficient (Wildman–Crippen LogP) is 4.45. The lowest BCUT2D eigenvalue weighted by Gasteiger charge is -2.04. The number of ketones is 1. The zero-order valence-corrected chi connectivity index (χ0v) is 14.1. The molecule has 3 aromatic rings. The second kappa shape index (κ2) is 5.81. The first kappa shape index (κ1) is 15.5. The van der Waals surface area contributed by atoms with E-state index in [1.807, 2.05) is 44.2 Å². The molecule has 0 N–H and O–H groups in total. The van der Waals surface area contributed by atoms with Crippen molar-refractivity contribution in [3.63, 3.8) is 0 Å². The van der Waals surface area contributed by atoms with E-state index in [2.05, 4.69) is 5.10 Å². The van der Waals surface area contributed by atoms with Gasteiger partial charge < -0.3 is 0 Å². The predicted molar refractivity (Wildman–Crippen MR) is 95.4 cm³/mol. The topological polar surface area (TPSA) is 34.9 Å². The van der Waals surface area contributed by atoms with Gasteiger partial charge in [0.15, 0.2) is 5.78 Å². The minimum atomic E-state index is -0.276. The molecule has 1 heterocycles. The number of hydrogen-bond acceptors (Lipinski definition) is 2. The Balaban J connectivity index is 1.75. The fourth-order valence-electron chi connectivity index (χ4n) is 3.34. The Bertz CT molecular complexity index is 1010. The molecule has 1 aliphatic carbocycles. The van der Waals surface area contributed by atoms with Crippen molar-refractivity contribution in [1.82, 2.24) is 9.78 Å². The summed E-state index contributed by atoms with van der Waals surface area (Å²) in [6.45, 7) is 3.88. The highest BCUT2D eigenvalue weighted by atomic mass is 19.1. The van der Waals surface area contributed by atoms with Crippen molar-refractivity contribution >= 4 is 11.9 Å². The summed E-state index contributed by atoms with van der Waals surface area (Å²) in [5.41, 5.74) is 6.16. The summed E-state index contributed by atoms with van der Waals surface area (Å²) in [6, 6.07) is 13.9. The maximum atomic E-state index is 13.2. The average molecular weight is 332 g/mol. The van der Waals surface area contributed by atoms with Crippen LogP contribution in [0.2, 0.25) is 0 Å². The third-order valence-corrected chi connectivity index (χ3v) is 4.67. The van der Waals surface area contributed by atoms with Gasteiger partial charge in [-0.05, 0) is 49.8 Å². The monoisotopic (exact) mass is 332 g/mol. The molecular formula is C21H17FN2O. The summed E-state index contributed by atoms with van der Waals surface area (Å²) in [5, 5.41) is 4.56. The van der Waals surface area contributed by atoms with Crippen LogP contribution < -0.4 is 0 Å². The van der Waals surface area contributed by atoms with Gasteiger partial charge in [0.1, 0.15) is 5.82 Å². The first-order chi connectivity index (χ1) is 12.0. The van der Waals surface area contributed by atoms with Crippen molar-refractivity contribution in [2.24, 2.45) is 0 Å². The molecule has 1 aliphatic rings. The van der Waals surface area contributed by atoms with E-state index < -0.39 is 0 Å². The standard InChI is InChI=1S/C21H17FN2O/c1-13-20(12-16-11-15-5-3-4-6-19(15)21(16)25)14(2)24(23-13)18-9-7-17(22)8-10-18/h3-10,12H,11H2,1-2H3. The molecule has 0 aliphatic heterocycles. The van der Waals surface area contributed by atoms with Gasteiger partial charge in [-0.25, -0.2) is 9.07 Å². The Kier molecular flexibility index (Phi) is 3.61. The SMILES string of the molecule is Cc1nn(-c2ccc(F)cc2)c(C)c1C=C1Cc2ccccc2C1=O. The van der Waals surface area contributed by atoms with E-state index in [9.17, 15) is 9.18 Å². The van der Waals surface area contributed by atoms with Crippen LogP contribution in [0.15, 0.2) is 54.1 Å². The molecule has 0 atom stereocenters. The molecule has 0 radical (unpaired) electrons. The number of rotatable bonds is 2. The van der Waals surface area contributed by atoms with Crippen LogP contribution in [0.1, 0.15) is 32.9 Å². The third-order valence-electron chi connectivity index (χ3n) is 4.67. The minimum Gasteiger partial charge on any atom is -0.289 e. The van der Waals surface area contributed by atoms with Crippen molar-refractivity contribution in [3.8, 4) is 5.69 Å². The Morgan fingerprint density at radius 2 is 1.80 bits per heavy atom. The lowest BCUT2D eigenvalue weighted by atomic mass is 10.1. The molecule has 4 rings (SSSR count). The molecule has 4 heteroatoms. The van der Waals surface area contributed by atoms with Crippen LogP contribution in [0.3, 0.4) is 0 Å². The van der Waals surface area contributed by atoms with Gasteiger partial charge in [0.05, 0.1) is 11.4 Å². The van der Waals surface area contributed by atoms with Crippen molar-refractivity contribution < 1.29 is 9.18 Å². The molecule has 1 aromatic heterocycles. The zero-order valence-electron chi connectivity index (χ0n) is 14.1. The summed E-state index contributed by atoms with van der Waals surface area (Å²) < 4.78 is 14.9.